The minimum atomic E-state index is -0.681. The van der Waals surface area contributed by atoms with Crippen LogP contribution in [0.25, 0.3) is 0 Å². The zero-order chi connectivity index (χ0) is 66.5. The second-order valence-corrected chi connectivity index (χ2v) is 42.3. The van der Waals surface area contributed by atoms with Crippen LogP contribution in [-0.4, -0.2) is 33.0 Å². The zero-order valence-corrected chi connectivity index (χ0v) is 63.4. The van der Waals surface area contributed by atoms with E-state index in [1.165, 1.54) is 123 Å². The van der Waals surface area contributed by atoms with Crippen molar-refractivity contribution in [3.05, 3.63) is 364 Å². The summed E-state index contributed by atoms with van der Waals surface area (Å²) in [6, 6.07) is 113. The summed E-state index contributed by atoms with van der Waals surface area (Å²) in [6.45, 7) is 6.31. The Morgan fingerprint density at radius 3 is 1.16 bits per heavy atom. The number of unbranched alkanes of at least 4 members (excludes halogenated alkanes) is 1. The largest absolute Gasteiger partial charge is 0.492 e. The number of hydrogen-bond acceptors (Lipinski definition) is 6. The first-order valence-electron chi connectivity index (χ1n) is 35.5. The first-order valence-corrected chi connectivity index (χ1v) is 45.5. The van der Waals surface area contributed by atoms with Crippen molar-refractivity contribution in [1.29, 1.82) is 0 Å². The molecule has 498 valence electrons. The number of benzene rings is 10. The summed E-state index contributed by atoms with van der Waals surface area (Å²) in [5, 5.41) is 18.2. The van der Waals surface area contributed by atoms with Crippen LogP contribution in [0.2, 0.25) is 0 Å². The molecule has 8 atom stereocenters. The van der Waals surface area contributed by atoms with Crippen molar-refractivity contribution in [3.63, 3.8) is 0 Å². The van der Waals surface area contributed by atoms with Gasteiger partial charge in [0, 0.05) is 93.7 Å². The van der Waals surface area contributed by atoms with E-state index < -0.39 is 32.3 Å². The molecule has 0 N–H and O–H groups in total. The Hall–Kier alpha value is -6.14. The molecule has 0 radical (unpaired) electrons. The molecule has 0 saturated carbocycles. The van der Waals surface area contributed by atoms with Crippen LogP contribution in [0.4, 0.5) is 0 Å². The highest BCUT2D eigenvalue weighted by atomic mass is 32.1. The lowest BCUT2D eigenvalue weighted by Gasteiger charge is -2.42. The number of hydrogen-bond donors (Lipinski definition) is 0. The fourth-order valence-electron chi connectivity index (χ4n) is 15.6. The summed E-state index contributed by atoms with van der Waals surface area (Å²) in [4.78, 5) is 0. The van der Waals surface area contributed by atoms with E-state index in [-0.39, 0.29) is 16.1 Å². The first-order chi connectivity index (χ1) is 49.2. The topological polar surface area (TPSA) is 19.0 Å². The highest BCUT2D eigenvalue weighted by Crippen LogP contribution is 2.79. The maximum atomic E-state index is 6.36. The molecule has 12 heteroatoms. The molecule has 99 heavy (non-hydrogen) atoms. The lowest BCUT2D eigenvalue weighted by atomic mass is 10.0. The van der Waals surface area contributed by atoms with E-state index in [4.69, 9.17) is 4.74 Å². The van der Waals surface area contributed by atoms with Crippen molar-refractivity contribution in [2.45, 2.75) is 98.8 Å². The van der Waals surface area contributed by atoms with Crippen molar-refractivity contribution in [2.75, 3.05) is 19.7 Å². The van der Waals surface area contributed by atoms with Crippen LogP contribution in [-0.2, 0) is 6.54 Å². The quantitative estimate of drug-likeness (QED) is 0.0846. The zero-order valence-electron chi connectivity index (χ0n) is 56.4. The van der Waals surface area contributed by atoms with Gasteiger partial charge >= 0.3 is 0 Å². The Morgan fingerprint density at radius 1 is 0.394 bits per heavy atom. The SMILES string of the molecule is CCCCN(P(c1ccsc1)c1ccsc1)P1[C@@H](c2ccccc2)CC[C@@H]1c1ccccc1.c1ccc([C@H]2CC[C@H](c3ccccc3)P2N2CCOc3ccccc3P2c2ccccc2)cc1.c1ccc([C@H]2CC[C@H](c3ccccc3)P2N2Cc3ccccc3P2c2ccccc2)cc1. The third-order valence-corrected chi connectivity index (χ3v) is 41.3. The molecule has 0 bridgehead atoms. The highest BCUT2D eigenvalue weighted by Gasteiger charge is 2.49. The van der Waals surface area contributed by atoms with Gasteiger partial charge in [-0.2, -0.15) is 22.7 Å². The van der Waals surface area contributed by atoms with E-state index in [1.807, 2.05) is 22.7 Å². The second kappa shape index (κ2) is 33.8. The van der Waals surface area contributed by atoms with Gasteiger partial charge in [0.05, 0.1) is 0 Å². The predicted octanol–water partition coefficient (Wildman–Crippen LogP) is 23.9. The monoisotopic (exact) mass is 1440 g/mol. The van der Waals surface area contributed by atoms with E-state index in [2.05, 4.69) is 345 Å². The van der Waals surface area contributed by atoms with Crippen molar-refractivity contribution in [3.8, 4) is 5.75 Å². The van der Waals surface area contributed by atoms with Gasteiger partial charge in [-0.1, -0.05) is 292 Å². The average Bonchev–Trinajstić information content (AvgIpc) is 1.64. The Balaban J connectivity index is 0.000000121. The fourth-order valence-corrected chi connectivity index (χ4v) is 40.0. The van der Waals surface area contributed by atoms with Crippen molar-refractivity contribution in [1.82, 2.24) is 13.3 Å². The molecule has 12 aromatic rings. The van der Waals surface area contributed by atoms with Crippen LogP contribution < -0.4 is 36.6 Å². The fraction of sp³-hybridized carbons (Fsp3) is 0.218. The lowest BCUT2D eigenvalue weighted by Crippen LogP contribution is -2.27. The van der Waals surface area contributed by atoms with Crippen LogP contribution >= 0.6 is 71.1 Å². The molecule has 0 amide bonds. The second-order valence-electron chi connectivity index (χ2n) is 26.0. The van der Waals surface area contributed by atoms with E-state index in [0.717, 1.165) is 25.4 Å². The predicted molar refractivity (Wildman–Crippen MR) is 436 cm³/mol. The van der Waals surface area contributed by atoms with Gasteiger partial charge in [-0.05, 0) is 170 Å². The van der Waals surface area contributed by atoms with E-state index in [9.17, 15) is 0 Å². The molecule has 10 aromatic carbocycles. The molecule has 0 aliphatic carbocycles. The molecular weight excluding hydrogens is 1350 g/mol. The summed E-state index contributed by atoms with van der Waals surface area (Å²) in [5.41, 5.74) is 14.3. The third kappa shape index (κ3) is 15.5. The van der Waals surface area contributed by atoms with Gasteiger partial charge in [0.2, 0.25) is 0 Å². The molecule has 17 rings (SSSR count). The first kappa shape index (κ1) is 68.6. The smallest absolute Gasteiger partial charge is 0.128 e. The van der Waals surface area contributed by atoms with Gasteiger partial charge in [-0.15, -0.1) is 0 Å². The lowest BCUT2D eigenvalue weighted by molar-refractivity contribution is 0.314. The van der Waals surface area contributed by atoms with Gasteiger partial charge in [0.1, 0.15) is 12.4 Å². The van der Waals surface area contributed by atoms with Crippen LogP contribution in [0.5, 0.6) is 5.75 Å². The standard InChI is InChI=1S/C30H29NOP2.C29H27NP2.C28H31NP2S2/c1-4-12-24(13-5-1)28-20-21-29(25-14-6-2-7-15-25)34(28)31-22-23-32-27-18-10-11-19-30(27)33(31)26-16-8-3-9-17-26;1-4-12-23(13-5-1)28-20-21-29(24-14-6-2-7-15-24)32(28)30-22-25-16-10-11-19-27(25)31(30)26-17-8-3-9-18-26;1-2-3-18-29(30(25-16-19-32-21-25)26-17-20-33-22-26)31-27(23-10-6-4-7-11-23)14-15-28(31)24-12-8-5-9-13-24/h1-19,28-29H,20-23H2;1-19,28-29H,20-22H2;4-13,16-17,19-22,27-28H,2-3,14-15,18H2,1H3/t28-,29-,33?;28-,29-,31?;27-,28-/m111/s1. The van der Waals surface area contributed by atoms with Crippen LogP contribution in [0.3, 0.4) is 0 Å². The van der Waals surface area contributed by atoms with Gasteiger partial charge in [-0.3, -0.25) is 4.44 Å². The molecule has 2 aromatic heterocycles. The third-order valence-electron chi connectivity index (χ3n) is 20.0. The van der Waals surface area contributed by atoms with Gasteiger partial charge < -0.3 is 4.74 Å². The highest BCUT2D eigenvalue weighted by molar-refractivity contribution is 7.81. The summed E-state index contributed by atoms with van der Waals surface area (Å²) < 4.78 is 15.2. The van der Waals surface area contributed by atoms with Crippen LogP contribution in [0, 0.1) is 0 Å². The molecule has 4 nitrogen and oxygen atoms in total. The number of rotatable bonds is 17. The van der Waals surface area contributed by atoms with Crippen LogP contribution in [0.1, 0.15) is 131 Å². The molecule has 7 heterocycles. The normalized spacial score (nSPS) is 21.8. The minimum Gasteiger partial charge on any atom is -0.492 e. The molecular formula is C87H87N3OP6S2. The molecule has 5 aliphatic rings. The number of para-hydroxylation sites is 1. The number of thiophene rings is 2. The van der Waals surface area contributed by atoms with Crippen molar-refractivity contribution >= 4 is 103 Å². The van der Waals surface area contributed by atoms with Gasteiger partial charge in [0.15, 0.2) is 0 Å². The Kier molecular flexibility index (Phi) is 23.4. The van der Waals surface area contributed by atoms with Crippen molar-refractivity contribution in [2.24, 2.45) is 0 Å². The number of fused-ring (bicyclic) bond motifs is 2. The summed E-state index contributed by atoms with van der Waals surface area (Å²) in [6.07, 6.45) is 10.1. The summed E-state index contributed by atoms with van der Waals surface area (Å²) in [7, 11) is -2.91. The van der Waals surface area contributed by atoms with E-state index in [0.29, 0.717) is 34.0 Å². The molecule has 3 fully saturated rings. The Morgan fingerprint density at radius 2 is 0.747 bits per heavy atom. The number of nitrogens with zero attached hydrogens (tertiary/aromatic N) is 3. The average molecular weight is 1440 g/mol. The maximum absolute atomic E-state index is 6.36. The Labute approximate surface area is 604 Å². The summed E-state index contributed by atoms with van der Waals surface area (Å²) in [5.74, 6) is 1.06. The molecule has 5 aliphatic heterocycles. The van der Waals surface area contributed by atoms with Gasteiger partial charge in [0.25, 0.3) is 0 Å². The van der Waals surface area contributed by atoms with Crippen LogP contribution in [0.15, 0.2) is 325 Å². The van der Waals surface area contributed by atoms with Crippen molar-refractivity contribution < 1.29 is 4.74 Å². The van der Waals surface area contributed by atoms with E-state index >= 15 is 0 Å². The van der Waals surface area contributed by atoms with Gasteiger partial charge in [-0.25, -0.2) is 8.88 Å². The minimum absolute atomic E-state index is 0.373. The number of ether oxygens (including phenoxy) is 1. The van der Waals surface area contributed by atoms with E-state index in [1.54, 1.807) is 5.30 Å². The molecule has 0 spiro atoms. The summed E-state index contributed by atoms with van der Waals surface area (Å²) >= 11 is 3.69. The maximum Gasteiger partial charge on any atom is 0.128 e. The molecule has 3 saturated heterocycles. The Bertz CT molecular complexity index is 4210. The molecule has 2 unspecified atom stereocenters.